The third-order valence-corrected chi connectivity index (χ3v) is 3.79. The van der Waals surface area contributed by atoms with Gasteiger partial charge in [-0.2, -0.15) is 0 Å². The molecule has 120 valence electrons. The lowest BCUT2D eigenvalue weighted by atomic mass is 10.1. The lowest BCUT2D eigenvalue weighted by molar-refractivity contribution is 0.0963. The van der Waals surface area contributed by atoms with Crippen molar-refractivity contribution in [1.29, 1.82) is 0 Å². The maximum absolute atomic E-state index is 11.5. The average molecular weight is 312 g/mol. The zero-order valence-electron chi connectivity index (χ0n) is 13.3. The number of amides is 1. The van der Waals surface area contributed by atoms with Crippen molar-refractivity contribution in [2.75, 3.05) is 20.9 Å². The molecule has 0 unspecified atom stereocenters. The van der Waals surface area contributed by atoms with Gasteiger partial charge in [0.05, 0.1) is 0 Å². The Hall–Kier alpha value is -2.53. The zero-order chi connectivity index (χ0) is 16.2. The molecule has 0 bridgehead atoms. The van der Waals surface area contributed by atoms with Crippen LogP contribution in [0, 0.1) is 0 Å². The number of carbonyl (C=O) groups is 1. The third-order valence-electron chi connectivity index (χ3n) is 3.79. The maximum Gasteiger partial charge on any atom is 0.251 e. The minimum atomic E-state index is -0.0646. The van der Waals surface area contributed by atoms with Crippen molar-refractivity contribution in [3.8, 4) is 11.5 Å². The van der Waals surface area contributed by atoms with E-state index in [4.69, 9.17) is 9.47 Å². The van der Waals surface area contributed by atoms with Crippen LogP contribution >= 0.6 is 0 Å². The first kappa shape index (κ1) is 15.4. The Morgan fingerprint density at radius 1 is 1.04 bits per heavy atom. The Balaban J connectivity index is 1.60. The molecule has 2 aromatic rings. The molecule has 1 aliphatic rings. The number of hydrogen-bond acceptors (Lipinski definition) is 4. The van der Waals surface area contributed by atoms with Crippen LogP contribution in [0.4, 0.5) is 0 Å². The number of hydrogen-bond donors (Lipinski definition) is 1. The number of rotatable bonds is 5. The molecule has 0 radical (unpaired) electrons. The van der Waals surface area contributed by atoms with Crippen molar-refractivity contribution in [2.24, 2.45) is 0 Å². The van der Waals surface area contributed by atoms with Gasteiger partial charge < -0.3 is 14.8 Å². The van der Waals surface area contributed by atoms with Gasteiger partial charge in [0.25, 0.3) is 5.91 Å². The molecule has 1 amide bonds. The van der Waals surface area contributed by atoms with E-state index in [9.17, 15) is 4.79 Å². The van der Waals surface area contributed by atoms with E-state index in [0.29, 0.717) is 12.4 Å². The summed E-state index contributed by atoms with van der Waals surface area (Å²) in [4.78, 5) is 13.8. The number of nitrogens with one attached hydrogen (secondary N) is 1. The van der Waals surface area contributed by atoms with Gasteiger partial charge in [-0.15, -0.1) is 0 Å². The lowest BCUT2D eigenvalue weighted by Gasteiger charge is -2.17. The van der Waals surface area contributed by atoms with Crippen LogP contribution in [0.1, 0.15) is 21.5 Å². The van der Waals surface area contributed by atoms with Gasteiger partial charge in [0.15, 0.2) is 11.5 Å². The Morgan fingerprint density at radius 3 is 2.43 bits per heavy atom. The molecule has 0 saturated carbocycles. The predicted molar refractivity (Wildman–Crippen MR) is 87.6 cm³/mol. The second-order valence-corrected chi connectivity index (χ2v) is 5.64. The van der Waals surface area contributed by atoms with Gasteiger partial charge in [0.1, 0.15) is 0 Å². The van der Waals surface area contributed by atoms with Crippen LogP contribution in [0.25, 0.3) is 0 Å². The molecule has 3 rings (SSSR count). The third kappa shape index (κ3) is 3.63. The fourth-order valence-electron chi connectivity index (χ4n) is 2.62. The first-order valence-corrected chi connectivity index (χ1v) is 7.54. The molecular weight excluding hydrogens is 292 g/mol. The summed E-state index contributed by atoms with van der Waals surface area (Å²) in [6, 6.07) is 13.7. The molecule has 0 spiro atoms. The fraction of sp³-hybridized carbons (Fsp3) is 0.278. The maximum atomic E-state index is 11.5. The van der Waals surface area contributed by atoms with Crippen LogP contribution in [0.5, 0.6) is 11.5 Å². The second-order valence-electron chi connectivity index (χ2n) is 5.64. The highest BCUT2D eigenvalue weighted by molar-refractivity contribution is 5.93. The van der Waals surface area contributed by atoms with Crippen LogP contribution < -0.4 is 14.8 Å². The minimum absolute atomic E-state index is 0.0646. The summed E-state index contributed by atoms with van der Waals surface area (Å²) in [7, 11) is 3.70. The van der Waals surface area contributed by atoms with Gasteiger partial charge in [-0.3, -0.25) is 9.69 Å². The van der Waals surface area contributed by atoms with E-state index in [0.717, 1.165) is 24.6 Å². The highest BCUT2D eigenvalue weighted by Crippen LogP contribution is 2.32. The molecule has 1 aliphatic heterocycles. The number of ether oxygens (including phenoxy) is 2. The molecule has 23 heavy (non-hydrogen) atoms. The first-order valence-electron chi connectivity index (χ1n) is 7.54. The Bertz CT molecular complexity index is 698. The lowest BCUT2D eigenvalue weighted by Crippen LogP contribution is -2.19. The van der Waals surface area contributed by atoms with Crippen molar-refractivity contribution >= 4 is 5.91 Å². The molecule has 0 fully saturated rings. The standard InChI is InChI=1S/C18H20N2O3/c1-19-18(21)15-6-3-13(4-7-15)10-20(2)11-14-5-8-16-17(9-14)23-12-22-16/h3-9H,10-12H2,1-2H3,(H,19,21). The fourth-order valence-corrected chi connectivity index (χ4v) is 2.62. The molecule has 1 N–H and O–H groups in total. The van der Waals surface area contributed by atoms with Crippen molar-refractivity contribution in [3.05, 3.63) is 59.2 Å². The summed E-state index contributed by atoms with van der Waals surface area (Å²) in [5, 5.41) is 2.62. The molecular formula is C18H20N2O3. The van der Waals surface area contributed by atoms with Crippen LogP contribution in [-0.4, -0.2) is 31.7 Å². The number of benzene rings is 2. The van der Waals surface area contributed by atoms with Crippen molar-refractivity contribution in [3.63, 3.8) is 0 Å². The molecule has 0 atom stereocenters. The monoisotopic (exact) mass is 312 g/mol. The zero-order valence-corrected chi connectivity index (χ0v) is 13.3. The Labute approximate surface area is 135 Å². The smallest absolute Gasteiger partial charge is 0.251 e. The summed E-state index contributed by atoms with van der Waals surface area (Å²) in [5.41, 5.74) is 3.02. The van der Waals surface area contributed by atoms with Crippen molar-refractivity contribution in [1.82, 2.24) is 10.2 Å². The average Bonchev–Trinajstić information content (AvgIpc) is 3.02. The summed E-state index contributed by atoms with van der Waals surface area (Å²) >= 11 is 0. The summed E-state index contributed by atoms with van der Waals surface area (Å²) in [5.74, 6) is 1.55. The highest BCUT2D eigenvalue weighted by Gasteiger charge is 2.13. The van der Waals surface area contributed by atoms with Crippen LogP contribution in [0.2, 0.25) is 0 Å². The molecule has 5 nitrogen and oxygen atoms in total. The Morgan fingerprint density at radius 2 is 1.70 bits per heavy atom. The van der Waals surface area contributed by atoms with Crippen LogP contribution in [0.15, 0.2) is 42.5 Å². The van der Waals surface area contributed by atoms with Gasteiger partial charge in [-0.25, -0.2) is 0 Å². The first-order chi connectivity index (χ1) is 11.2. The van der Waals surface area contributed by atoms with Gasteiger partial charge in [-0.05, 0) is 42.4 Å². The van der Waals surface area contributed by atoms with Crippen molar-refractivity contribution in [2.45, 2.75) is 13.1 Å². The largest absolute Gasteiger partial charge is 0.454 e. The van der Waals surface area contributed by atoms with E-state index in [2.05, 4.69) is 23.3 Å². The van der Waals surface area contributed by atoms with E-state index >= 15 is 0 Å². The topological polar surface area (TPSA) is 50.8 Å². The van der Waals surface area contributed by atoms with Gasteiger partial charge in [0.2, 0.25) is 6.79 Å². The van der Waals surface area contributed by atoms with Gasteiger partial charge >= 0.3 is 0 Å². The number of carbonyl (C=O) groups excluding carboxylic acids is 1. The molecule has 2 aromatic carbocycles. The minimum Gasteiger partial charge on any atom is -0.454 e. The molecule has 0 aliphatic carbocycles. The van der Waals surface area contributed by atoms with E-state index < -0.39 is 0 Å². The number of fused-ring (bicyclic) bond motifs is 1. The van der Waals surface area contributed by atoms with Crippen LogP contribution in [-0.2, 0) is 13.1 Å². The van der Waals surface area contributed by atoms with E-state index in [1.165, 1.54) is 11.1 Å². The van der Waals surface area contributed by atoms with E-state index in [-0.39, 0.29) is 5.91 Å². The Kier molecular flexibility index (Phi) is 4.48. The normalized spacial score (nSPS) is 12.5. The summed E-state index contributed by atoms with van der Waals surface area (Å²) in [6.45, 7) is 1.92. The van der Waals surface area contributed by atoms with Gasteiger partial charge in [0, 0.05) is 25.7 Å². The number of nitrogens with zero attached hydrogens (tertiary/aromatic N) is 1. The highest BCUT2D eigenvalue weighted by atomic mass is 16.7. The van der Waals surface area contributed by atoms with Gasteiger partial charge in [-0.1, -0.05) is 18.2 Å². The SMILES string of the molecule is CNC(=O)c1ccc(CN(C)Cc2ccc3c(c2)OCO3)cc1. The van der Waals surface area contributed by atoms with Crippen LogP contribution in [0.3, 0.4) is 0 Å². The molecule has 0 saturated heterocycles. The summed E-state index contributed by atoms with van der Waals surface area (Å²) < 4.78 is 10.7. The second kappa shape index (κ2) is 6.71. The summed E-state index contributed by atoms with van der Waals surface area (Å²) in [6.07, 6.45) is 0. The predicted octanol–water partition coefficient (Wildman–Crippen LogP) is 2.41. The van der Waals surface area contributed by atoms with Crippen molar-refractivity contribution < 1.29 is 14.3 Å². The molecule has 1 heterocycles. The van der Waals surface area contributed by atoms with E-state index in [1.54, 1.807) is 7.05 Å². The quantitative estimate of drug-likeness (QED) is 0.921. The molecule has 0 aromatic heterocycles. The van der Waals surface area contributed by atoms with E-state index in [1.807, 2.05) is 36.4 Å². The molecule has 5 heteroatoms.